The number of fused-ring (bicyclic) bond motifs is 5. The number of hydrogen-bond acceptors (Lipinski definition) is 5. The number of aromatic carboxylic acids is 1. The van der Waals surface area contributed by atoms with Gasteiger partial charge in [-0.1, -0.05) is 0 Å². The zero-order valence-corrected chi connectivity index (χ0v) is 12.5. The fraction of sp³-hybridized carbons (Fsp3) is 0.533. The second kappa shape index (κ2) is 4.82. The molecule has 3 atom stereocenters. The number of ether oxygens (including phenoxy) is 2. The zero-order valence-electron chi connectivity index (χ0n) is 12.5. The van der Waals surface area contributed by atoms with Crippen LogP contribution in [0.3, 0.4) is 0 Å². The smallest absolute Gasteiger partial charge is 0.341 e. The van der Waals surface area contributed by atoms with Crippen LogP contribution >= 0.6 is 0 Å². The maximum atomic E-state index is 12.9. The van der Waals surface area contributed by atoms with Gasteiger partial charge in [-0.05, 0) is 19.3 Å². The Balaban J connectivity index is 1.89. The van der Waals surface area contributed by atoms with Gasteiger partial charge >= 0.3 is 5.97 Å². The highest BCUT2D eigenvalue weighted by molar-refractivity contribution is 5.98. The monoisotopic (exact) mass is 320 g/mol. The number of methoxy groups -OCH3 is 1. The van der Waals surface area contributed by atoms with Gasteiger partial charge in [-0.2, -0.15) is 0 Å². The normalized spacial score (nSPS) is 28.3. The molecular formula is C15H16N2O6. The van der Waals surface area contributed by atoms with E-state index in [0.717, 1.165) is 19.3 Å². The molecule has 8 nitrogen and oxygen atoms in total. The summed E-state index contributed by atoms with van der Waals surface area (Å²) in [6.07, 6.45) is 3.54. The number of carbonyl (C=O) groups excluding carboxylic acids is 1. The summed E-state index contributed by atoms with van der Waals surface area (Å²) in [6, 6.07) is 0.110. The molecule has 2 aliphatic heterocycles. The molecule has 8 heteroatoms. The van der Waals surface area contributed by atoms with Crippen molar-refractivity contribution in [3.8, 4) is 5.75 Å². The predicted octanol–water partition coefficient (Wildman–Crippen LogP) is 0.288. The first-order chi connectivity index (χ1) is 11.0. The van der Waals surface area contributed by atoms with Crippen molar-refractivity contribution < 1.29 is 24.2 Å². The Morgan fingerprint density at radius 2 is 2.17 bits per heavy atom. The minimum Gasteiger partial charge on any atom is -0.491 e. The summed E-state index contributed by atoms with van der Waals surface area (Å²) < 4.78 is 12.5. The Morgan fingerprint density at radius 3 is 2.87 bits per heavy atom. The minimum absolute atomic E-state index is 0.104. The number of carboxylic acids is 1. The number of carbonyl (C=O) groups is 2. The van der Waals surface area contributed by atoms with Gasteiger partial charge in [0.2, 0.25) is 5.43 Å². The molecule has 1 aliphatic carbocycles. The van der Waals surface area contributed by atoms with Crippen molar-refractivity contribution in [2.45, 2.75) is 44.2 Å². The van der Waals surface area contributed by atoms with E-state index in [4.69, 9.17) is 9.47 Å². The molecule has 4 rings (SSSR count). The second-order valence-corrected chi connectivity index (χ2v) is 6.10. The predicted molar refractivity (Wildman–Crippen MR) is 76.7 cm³/mol. The van der Waals surface area contributed by atoms with E-state index in [2.05, 4.69) is 0 Å². The molecule has 1 saturated heterocycles. The second-order valence-electron chi connectivity index (χ2n) is 6.10. The molecule has 1 aromatic rings. The Hall–Kier alpha value is -2.35. The Morgan fingerprint density at radius 1 is 1.39 bits per heavy atom. The summed E-state index contributed by atoms with van der Waals surface area (Å²) in [5.41, 5.74) is -1.08. The van der Waals surface area contributed by atoms with E-state index in [-0.39, 0.29) is 29.5 Å². The quantitative estimate of drug-likeness (QED) is 0.841. The van der Waals surface area contributed by atoms with Gasteiger partial charge in [-0.25, -0.2) is 4.79 Å². The van der Waals surface area contributed by atoms with Gasteiger partial charge in [0.1, 0.15) is 5.56 Å². The maximum absolute atomic E-state index is 12.9. The minimum atomic E-state index is -1.34. The summed E-state index contributed by atoms with van der Waals surface area (Å²) in [7, 11) is 1.26. The summed E-state index contributed by atoms with van der Waals surface area (Å²) in [5, 5.41) is 9.18. The van der Waals surface area contributed by atoms with Crippen LogP contribution in [-0.4, -0.2) is 51.9 Å². The first-order valence-electron chi connectivity index (χ1n) is 7.54. The van der Waals surface area contributed by atoms with Crippen LogP contribution < -0.4 is 10.2 Å². The highest BCUT2D eigenvalue weighted by Crippen LogP contribution is 2.38. The van der Waals surface area contributed by atoms with Crippen LogP contribution in [0, 0.1) is 0 Å². The van der Waals surface area contributed by atoms with Crippen LogP contribution in [0.4, 0.5) is 0 Å². The molecule has 1 saturated carbocycles. The fourth-order valence-electron chi connectivity index (χ4n) is 3.88. The molecule has 2 bridgehead atoms. The Labute approximate surface area is 131 Å². The van der Waals surface area contributed by atoms with E-state index in [1.807, 2.05) is 0 Å². The standard InChI is InChI=1S/C15H16N2O6/c1-22-13-11-14(19)17-7-2-3-8(4-7)23-10(17)6-16(11)5-9(12(13)18)15(20)21/h5,7-8,10H,2-4,6H2,1H3,(H,20,21)/t7-,8+,10+/m1/s1. The van der Waals surface area contributed by atoms with Gasteiger partial charge in [0.25, 0.3) is 5.91 Å². The van der Waals surface area contributed by atoms with Gasteiger partial charge in [-0.3, -0.25) is 9.59 Å². The van der Waals surface area contributed by atoms with Crippen molar-refractivity contribution >= 4 is 11.9 Å². The summed E-state index contributed by atoms with van der Waals surface area (Å²) >= 11 is 0. The van der Waals surface area contributed by atoms with Crippen LogP contribution in [0.15, 0.2) is 11.0 Å². The molecule has 0 spiro atoms. The van der Waals surface area contributed by atoms with E-state index in [9.17, 15) is 19.5 Å². The average Bonchev–Trinajstić information content (AvgIpc) is 2.88. The van der Waals surface area contributed by atoms with Crippen LogP contribution in [0.5, 0.6) is 5.75 Å². The first-order valence-corrected chi connectivity index (χ1v) is 7.54. The molecule has 0 aromatic carbocycles. The number of aromatic nitrogens is 1. The first kappa shape index (κ1) is 14.3. The van der Waals surface area contributed by atoms with Crippen molar-refractivity contribution in [2.75, 3.05) is 7.11 Å². The number of carboxylic acid groups (broad SMARTS) is 1. The molecule has 3 heterocycles. The van der Waals surface area contributed by atoms with Gasteiger partial charge in [0.05, 0.1) is 19.8 Å². The maximum Gasteiger partial charge on any atom is 0.341 e. The SMILES string of the molecule is COc1c2n(cc(C(=O)O)c1=O)C[C@@H]1O[C@H]3CC[C@H](C3)N1C2=O. The highest BCUT2D eigenvalue weighted by Gasteiger charge is 2.47. The number of rotatable bonds is 2. The molecule has 0 unspecified atom stereocenters. The van der Waals surface area contributed by atoms with Crippen molar-refractivity contribution in [3.63, 3.8) is 0 Å². The van der Waals surface area contributed by atoms with Crippen molar-refractivity contribution in [1.29, 1.82) is 0 Å². The van der Waals surface area contributed by atoms with Crippen molar-refractivity contribution in [1.82, 2.24) is 9.47 Å². The molecule has 1 amide bonds. The fourth-order valence-corrected chi connectivity index (χ4v) is 3.88. The number of hydrogen-bond donors (Lipinski definition) is 1. The molecule has 3 aliphatic rings. The van der Waals surface area contributed by atoms with E-state index < -0.39 is 23.2 Å². The topological polar surface area (TPSA) is 98.1 Å². The summed E-state index contributed by atoms with van der Waals surface area (Å²) in [4.78, 5) is 38.1. The third-order valence-electron chi connectivity index (χ3n) is 4.87. The van der Waals surface area contributed by atoms with Crippen LogP contribution in [0.1, 0.15) is 40.1 Å². The van der Waals surface area contributed by atoms with Gasteiger partial charge in [-0.15, -0.1) is 0 Å². The third-order valence-corrected chi connectivity index (χ3v) is 4.87. The molecular weight excluding hydrogens is 304 g/mol. The van der Waals surface area contributed by atoms with Crippen molar-refractivity contribution in [2.24, 2.45) is 0 Å². The lowest BCUT2D eigenvalue weighted by molar-refractivity contribution is -0.132. The van der Waals surface area contributed by atoms with Crippen LogP contribution in [0.25, 0.3) is 0 Å². The van der Waals surface area contributed by atoms with Crippen LogP contribution in [-0.2, 0) is 11.3 Å². The molecule has 2 fully saturated rings. The molecule has 1 N–H and O–H groups in total. The third kappa shape index (κ3) is 1.91. The summed E-state index contributed by atoms with van der Waals surface area (Å²) in [5.74, 6) is -1.89. The van der Waals surface area contributed by atoms with Crippen molar-refractivity contribution in [3.05, 3.63) is 27.7 Å². The lowest BCUT2D eigenvalue weighted by Gasteiger charge is -2.44. The van der Waals surface area contributed by atoms with Gasteiger partial charge < -0.3 is 24.0 Å². The van der Waals surface area contributed by atoms with E-state index in [1.54, 1.807) is 4.90 Å². The van der Waals surface area contributed by atoms with Gasteiger partial charge in [0, 0.05) is 12.2 Å². The number of nitrogens with zero attached hydrogens (tertiary/aromatic N) is 2. The highest BCUT2D eigenvalue weighted by atomic mass is 16.5. The average molecular weight is 320 g/mol. The molecule has 0 radical (unpaired) electrons. The lowest BCUT2D eigenvalue weighted by Crippen LogP contribution is -2.57. The molecule has 1 aromatic heterocycles. The Kier molecular flexibility index (Phi) is 2.99. The van der Waals surface area contributed by atoms with Gasteiger partial charge in [0.15, 0.2) is 17.7 Å². The van der Waals surface area contributed by atoms with E-state index in [1.165, 1.54) is 17.9 Å². The van der Waals surface area contributed by atoms with E-state index >= 15 is 0 Å². The Bertz CT molecular complexity index is 770. The molecule has 23 heavy (non-hydrogen) atoms. The number of pyridine rings is 1. The molecule has 122 valence electrons. The van der Waals surface area contributed by atoms with E-state index in [0.29, 0.717) is 6.54 Å². The number of amides is 1. The zero-order chi connectivity index (χ0) is 16.3. The largest absolute Gasteiger partial charge is 0.491 e. The lowest BCUT2D eigenvalue weighted by atomic mass is 10.1. The summed E-state index contributed by atoms with van der Waals surface area (Å²) in [6.45, 7) is 0.297. The van der Waals surface area contributed by atoms with Crippen LogP contribution in [0.2, 0.25) is 0 Å².